The first-order chi connectivity index (χ1) is 15.6. The zero-order valence-corrected chi connectivity index (χ0v) is 20.3. The molecular weight excluding hydrogens is 443 g/mol. The molecule has 3 aliphatic heterocycles. The van der Waals surface area contributed by atoms with Gasteiger partial charge in [-0.25, -0.2) is 0 Å². The highest BCUT2D eigenvalue weighted by Crippen LogP contribution is 2.54. The zero-order chi connectivity index (χ0) is 23.3. The van der Waals surface area contributed by atoms with Gasteiger partial charge in [-0.2, -0.15) is 0 Å². The highest BCUT2D eigenvalue weighted by Gasteiger charge is 2.60. The molecular formula is C25H31O7P. The van der Waals surface area contributed by atoms with E-state index in [-0.39, 0.29) is 6.16 Å². The minimum absolute atomic E-state index is 0.260. The largest absolute Gasteiger partial charge is 0.348 e. The Hall–Kier alpha value is -1.57. The van der Waals surface area contributed by atoms with Gasteiger partial charge in [0, 0.05) is 5.30 Å². The van der Waals surface area contributed by atoms with Crippen LogP contribution in [0.15, 0.2) is 60.7 Å². The first-order valence-corrected chi connectivity index (χ1v) is 13.2. The molecule has 0 aliphatic carbocycles. The summed E-state index contributed by atoms with van der Waals surface area (Å²) >= 11 is 0. The standard InChI is InChI=1S/C25H31O7P/c1-24(2)27-15-19(29-24)20-21(22-23(28-20)31-25(3,4)30-22)32-33(26,18-13-9-6-10-14-18)16-17-11-7-5-8-12-17/h5-14,19-23H,15-16H2,1-4H3/t19-,20+,21-,22+,23+,33+/m0/s1. The summed E-state index contributed by atoms with van der Waals surface area (Å²) in [7, 11) is -3.36. The van der Waals surface area contributed by atoms with E-state index in [1.807, 2.05) is 88.4 Å². The van der Waals surface area contributed by atoms with Crippen LogP contribution in [0.25, 0.3) is 0 Å². The van der Waals surface area contributed by atoms with Crippen molar-refractivity contribution in [1.29, 1.82) is 0 Å². The average molecular weight is 474 g/mol. The quantitative estimate of drug-likeness (QED) is 0.581. The van der Waals surface area contributed by atoms with Crippen molar-refractivity contribution >= 4 is 12.7 Å². The molecule has 0 saturated carbocycles. The summed E-state index contributed by atoms with van der Waals surface area (Å²) in [6, 6.07) is 19.1. The zero-order valence-electron chi connectivity index (χ0n) is 19.4. The van der Waals surface area contributed by atoms with E-state index in [2.05, 4.69) is 0 Å². The third-order valence-corrected chi connectivity index (χ3v) is 8.55. The van der Waals surface area contributed by atoms with E-state index in [9.17, 15) is 4.57 Å². The number of benzene rings is 2. The molecule has 33 heavy (non-hydrogen) atoms. The van der Waals surface area contributed by atoms with Crippen molar-refractivity contribution in [3.8, 4) is 0 Å². The van der Waals surface area contributed by atoms with Crippen LogP contribution in [-0.2, 0) is 38.9 Å². The van der Waals surface area contributed by atoms with E-state index in [0.717, 1.165) is 5.56 Å². The van der Waals surface area contributed by atoms with Crippen LogP contribution in [0.1, 0.15) is 33.3 Å². The molecule has 0 unspecified atom stereocenters. The van der Waals surface area contributed by atoms with Crippen LogP contribution in [0.3, 0.4) is 0 Å². The summed E-state index contributed by atoms with van der Waals surface area (Å²) in [5.74, 6) is -1.56. The lowest BCUT2D eigenvalue weighted by Crippen LogP contribution is -2.44. The molecule has 3 fully saturated rings. The average Bonchev–Trinajstić information content (AvgIpc) is 3.39. The highest BCUT2D eigenvalue weighted by atomic mass is 31.2. The van der Waals surface area contributed by atoms with E-state index < -0.39 is 49.6 Å². The van der Waals surface area contributed by atoms with Crippen molar-refractivity contribution in [2.45, 2.75) is 76.1 Å². The predicted octanol–water partition coefficient (Wildman–Crippen LogP) is 4.20. The first-order valence-electron chi connectivity index (χ1n) is 11.3. The lowest BCUT2D eigenvalue weighted by molar-refractivity contribution is -0.230. The molecule has 0 spiro atoms. The van der Waals surface area contributed by atoms with E-state index in [0.29, 0.717) is 11.9 Å². The molecule has 3 aliphatic rings. The summed E-state index contributed by atoms with van der Waals surface area (Å²) < 4.78 is 51.4. The van der Waals surface area contributed by atoms with Gasteiger partial charge in [-0.3, -0.25) is 4.57 Å². The van der Waals surface area contributed by atoms with Gasteiger partial charge >= 0.3 is 0 Å². The van der Waals surface area contributed by atoms with Gasteiger partial charge in [0.2, 0.25) is 7.37 Å². The SMILES string of the molecule is CC1(C)O[C@H]2O[C@H]([C@@H]3COC(C)(C)O3)[C@H](O[P@](=O)(Cc3ccccc3)c3ccccc3)[C@H]2O1. The Morgan fingerprint density at radius 2 is 1.55 bits per heavy atom. The smallest absolute Gasteiger partial charge is 0.236 e. The molecule has 0 amide bonds. The Morgan fingerprint density at radius 3 is 2.18 bits per heavy atom. The first kappa shape index (κ1) is 23.2. The normalized spacial score (nSPS) is 34.1. The molecule has 3 saturated heterocycles. The molecule has 178 valence electrons. The van der Waals surface area contributed by atoms with Crippen LogP contribution < -0.4 is 5.30 Å². The summed E-state index contributed by atoms with van der Waals surface area (Å²) in [6.07, 6.45) is -2.52. The molecule has 8 heteroatoms. The Labute approximate surface area is 194 Å². The van der Waals surface area contributed by atoms with Crippen LogP contribution in [-0.4, -0.2) is 48.9 Å². The maximum atomic E-state index is 14.5. The van der Waals surface area contributed by atoms with Gasteiger partial charge in [0.05, 0.1) is 12.8 Å². The van der Waals surface area contributed by atoms with Crippen LogP contribution in [0.2, 0.25) is 0 Å². The van der Waals surface area contributed by atoms with Gasteiger partial charge in [-0.1, -0.05) is 48.5 Å². The van der Waals surface area contributed by atoms with E-state index >= 15 is 0 Å². The van der Waals surface area contributed by atoms with Crippen molar-refractivity contribution in [2.75, 3.05) is 6.61 Å². The molecule has 0 aromatic heterocycles. The van der Waals surface area contributed by atoms with Gasteiger partial charge < -0.3 is 28.2 Å². The van der Waals surface area contributed by atoms with Crippen molar-refractivity contribution in [3.05, 3.63) is 66.2 Å². The molecule has 0 bridgehead atoms. The highest BCUT2D eigenvalue weighted by molar-refractivity contribution is 7.66. The van der Waals surface area contributed by atoms with Crippen molar-refractivity contribution in [3.63, 3.8) is 0 Å². The number of hydrogen-bond acceptors (Lipinski definition) is 7. The fraction of sp³-hybridized carbons (Fsp3) is 0.520. The second kappa shape index (κ2) is 8.58. The summed E-state index contributed by atoms with van der Waals surface area (Å²) in [4.78, 5) is 0. The molecule has 3 heterocycles. The lowest BCUT2D eigenvalue weighted by atomic mass is 10.1. The second-order valence-electron chi connectivity index (χ2n) is 9.66. The van der Waals surface area contributed by atoms with Crippen LogP contribution in [0, 0.1) is 0 Å². The van der Waals surface area contributed by atoms with Gasteiger partial charge in [0.25, 0.3) is 0 Å². The fourth-order valence-corrected chi connectivity index (χ4v) is 7.00. The minimum atomic E-state index is -3.36. The number of hydrogen-bond donors (Lipinski definition) is 0. The van der Waals surface area contributed by atoms with Crippen molar-refractivity contribution in [2.24, 2.45) is 0 Å². The van der Waals surface area contributed by atoms with E-state index in [1.54, 1.807) is 0 Å². The molecule has 2 aromatic carbocycles. The number of rotatable bonds is 6. The topological polar surface area (TPSA) is 72.5 Å². The Kier molecular flexibility index (Phi) is 6.03. The van der Waals surface area contributed by atoms with Crippen molar-refractivity contribution in [1.82, 2.24) is 0 Å². The summed E-state index contributed by atoms with van der Waals surface area (Å²) in [5, 5.41) is 0.651. The van der Waals surface area contributed by atoms with E-state index in [1.165, 1.54) is 0 Å². The molecule has 2 aromatic rings. The van der Waals surface area contributed by atoms with Crippen LogP contribution in [0.4, 0.5) is 0 Å². The molecule has 5 rings (SSSR count). The molecule has 7 nitrogen and oxygen atoms in total. The van der Waals surface area contributed by atoms with Crippen LogP contribution in [0.5, 0.6) is 0 Å². The fourth-order valence-electron chi connectivity index (χ4n) is 4.67. The maximum absolute atomic E-state index is 14.5. The van der Waals surface area contributed by atoms with Crippen molar-refractivity contribution < 1.29 is 32.8 Å². The maximum Gasteiger partial charge on any atom is 0.236 e. The predicted molar refractivity (Wildman–Crippen MR) is 122 cm³/mol. The molecule has 6 atom stereocenters. The third-order valence-electron chi connectivity index (χ3n) is 6.10. The van der Waals surface area contributed by atoms with Gasteiger partial charge in [-0.05, 0) is 45.4 Å². The van der Waals surface area contributed by atoms with Crippen LogP contribution >= 0.6 is 7.37 Å². The number of fused-ring (bicyclic) bond motifs is 1. The lowest BCUT2D eigenvalue weighted by Gasteiger charge is -2.31. The summed E-state index contributed by atoms with van der Waals surface area (Å²) in [6.45, 7) is 7.73. The monoisotopic (exact) mass is 474 g/mol. The van der Waals surface area contributed by atoms with Gasteiger partial charge in [-0.15, -0.1) is 0 Å². The minimum Gasteiger partial charge on any atom is -0.348 e. The summed E-state index contributed by atoms with van der Waals surface area (Å²) in [5.41, 5.74) is 0.933. The number of ether oxygens (including phenoxy) is 5. The second-order valence-corrected chi connectivity index (χ2v) is 12.0. The third kappa shape index (κ3) is 4.82. The molecule has 0 N–H and O–H groups in total. The Morgan fingerprint density at radius 1 is 0.879 bits per heavy atom. The van der Waals surface area contributed by atoms with Gasteiger partial charge in [0.1, 0.15) is 24.4 Å². The van der Waals surface area contributed by atoms with E-state index in [4.69, 9.17) is 28.2 Å². The Balaban J connectivity index is 1.49. The van der Waals surface area contributed by atoms with Gasteiger partial charge in [0.15, 0.2) is 17.9 Å². The molecule has 0 radical (unpaired) electrons. The Bertz CT molecular complexity index is 1010.